The predicted octanol–water partition coefficient (Wildman–Crippen LogP) is 11.6. The Morgan fingerprint density at radius 3 is 1.96 bits per heavy atom. The van der Waals surface area contributed by atoms with Gasteiger partial charge in [0, 0.05) is 5.41 Å². The number of benzene rings is 7. The quantitative estimate of drug-likeness (QED) is 0.161. The molecule has 7 aromatic carbocycles. The second kappa shape index (κ2) is 9.39. The summed E-state index contributed by atoms with van der Waals surface area (Å²) in [6.45, 7) is 4.71. The van der Waals surface area contributed by atoms with Gasteiger partial charge in [0.2, 0.25) is 0 Å². The van der Waals surface area contributed by atoms with E-state index in [-0.39, 0.29) is 5.41 Å². The molecule has 1 aliphatic carbocycles. The average Bonchev–Trinajstić information content (AvgIpc) is 3.83. The molecule has 3 aromatic heterocycles. The van der Waals surface area contributed by atoms with Crippen LogP contribution in [0.3, 0.4) is 0 Å². The van der Waals surface area contributed by atoms with E-state index in [1.807, 2.05) is 0 Å². The molecule has 3 heteroatoms. The van der Waals surface area contributed by atoms with Gasteiger partial charge >= 0.3 is 225 Å². The van der Waals surface area contributed by atoms with Gasteiger partial charge in [-0.05, 0) is 16.7 Å². The monoisotopic (exact) mass is 678 g/mol. The Hall–Kier alpha value is -5.34. The molecule has 0 amide bonds. The third kappa shape index (κ3) is 3.37. The summed E-state index contributed by atoms with van der Waals surface area (Å²) in [6, 6.07) is 54.7. The van der Waals surface area contributed by atoms with Gasteiger partial charge in [0.15, 0.2) is 0 Å². The molecule has 1 aliphatic rings. The first-order chi connectivity index (χ1) is 23.6. The number of hydrogen-bond acceptors (Lipinski definition) is 0. The van der Waals surface area contributed by atoms with Crippen molar-refractivity contribution in [1.29, 1.82) is 0 Å². The van der Waals surface area contributed by atoms with E-state index in [1.54, 1.807) is 0 Å². The third-order valence-electron chi connectivity index (χ3n) is 10.9. The summed E-state index contributed by atoms with van der Waals surface area (Å²) in [5, 5.41) is 7.91. The Labute approximate surface area is 283 Å². The molecule has 0 saturated carbocycles. The Morgan fingerprint density at radius 1 is 0.438 bits per heavy atom. The summed E-state index contributed by atoms with van der Waals surface area (Å²) in [6.07, 6.45) is 0. The van der Waals surface area contributed by atoms with Crippen molar-refractivity contribution in [2.75, 3.05) is 0 Å². The number of fused-ring (bicyclic) bond motifs is 13. The van der Waals surface area contributed by atoms with E-state index in [9.17, 15) is 0 Å². The van der Waals surface area contributed by atoms with Crippen molar-refractivity contribution in [3.63, 3.8) is 0 Å². The van der Waals surface area contributed by atoms with Crippen molar-refractivity contribution in [1.82, 2.24) is 9.13 Å². The van der Waals surface area contributed by atoms with E-state index < -0.39 is 0 Å². The molecule has 48 heavy (non-hydrogen) atoms. The average molecular weight is 678 g/mol. The van der Waals surface area contributed by atoms with Gasteiger partial charge < -0.3 is 0 Å². The zero-order chi connectivity index (χ0) is 31.7. The van der Waals surface area contributed by atoms with E-state index in [0.29, 0.717) is 14.5 Å². The zero-order valence-electron chi connectivity index (χ0n) is 26.7. The van der Waals surface area contributed by atoms with Crippen molar-refractivity contribution in [3.05, 3.63) is 157 Å². The van der Waals surface area contributed by atoms with Crippen LogP contribution in [0.4, 0.5) is 0 Å². The van der Waals surface area contributed by atoms with E-state index in [4.69, 9.17) is 0 Å². The first-order valence-electron chi connectivity index (χ1n) is 16.7. The minimum atomic E-state index is -0.0180. The summed E-state index contributed by atoms with van der Waals surface area (Å²) >= 11 is 0.345. The maximum absolute atomic E-state index is 2.53. The van der Waals surface area contributed by atoms with Gasteiger partial charge in [-0.3, -0.25) is 0 Å². The molecule has 0 unspecified atom stereocenters. The number of aromatic nitrogens is 2. The molecule has 0 aliphatic heterocycles. The molecular weight excluding hydrogens is 647 g/mol. The SMILES string of the molecule is CC1(C)c2ccccc2-c2cc(-n3c4ccccc4c4c3ccc3c5ccccc5n(-c5ccc6[se]c7ccccc7c6c5)c34)ccc21. The topological polar surface area (TPSA) is 9.86 Å². The van der Waals surface area contributed by atoms with Crippen LogP contribution >= 0.6 is 0 Å². The molecule has 0 spiro atoms. The number of para-hydroxylation sites is 2. The molecule has 0 fully saturated rings. The summed E-state index contributed by atoms with van der Waals surface area (Å²) in [7, 11) is 0. The Kier molecular flexibility index (Phi) is 5.22. The first-order valence-corrected chi connectivity index (χ1v) is 18.4. The Bertz CT molecular complexity index is 2980. The van der Waals surface area contributed by atoms with Crippen LogP contribution < -0.4 is 0 Å². The smallest absolute Gasteiger partial charge is 0.0299 e. The fourth-order valence-electron chi connectivity index (χ4n) is 8.76. The number of nitrogens with zero attached hydrogens (tertiary/aromatic N) is 2. The minimum absolute atomic E-state index is 0.0180. The van der Waals surface area contributed by atoms with Crippen molar-refractivity contribution in [2.24, 2.45) is 0 Å². The minimum Gasteiger partial charge on any atom is -0.0299 e. The molecule has 0 bridgehead atoms. The van der Waals surface area contributed by atoms with Crippen LogP contribution in [-0.2, 0) is 5.41 Å². The van der Waals surface area contributed by atoms with Gasteiger partial charge in [0.25, 0.3) is 0 Å². The van der Waals surface area contributed by atoms with Crippen LogP contribution in [0, 0.1) is 0 Å². The van der Waals surface area contributed by atoms with Gasteiger partial charge in [-0.1, -0.05) is 38.1 Å². The van der Waals surface area contributed by atoms with Crippen LogP contribution in [-0.4, -0.2) is 23.6 Å². The van der Waals surface area contributed by atoms with Gasteiger partial charge in [-0.25, -0.2) is 0 Å². The van der Waals surface area contributed by atoms with Crippen LogP contribution in [0.1, 0.15) is 25.0 Å². The number of hydrogen-bond donors (Lipinski definition) is 0. The summed E-state index contributed by atoms with van der Waals surface area (Å²) in [5.74, 6) is 0. The van der Waals surface area contributed by atoms with Crippen molar-refractivity contribution in [3.8, 4) is 22.5 Å². The van der Waals surface area contributed by atoms with E-state index in [0.717, 1.165) is 0 Å². The second-order valence-corrected chi connectivity index (χ2v) is 16.0. The predicted molar refractivity (Wildman–Crippen MR) is 205 cm³/mol. The Morgan fingerprint density at radius 2 is 1.08 bits per heavy atom. The molecule has 0 radical (unpaired) electrons. The summed E-state index contributed by atoms with van der Waals surface area (Å²) in [4.78, 5) is 0. The van der Waals surface area contributed by atoms with Crippen LogP contribution in [0.5, 0.6) is 0 Å². The fraction of sp³-hybridized carbons (Fsp3) is 0.0667. The van der Waals surface area contributed by atoms with Gasteiger partial charge in [-0.2, -0.15) is 0 Å². The van der Waals surface area contributed by atoms with Crippen LogP contribution in [0.15, 0.2) is 146 Å². The maximum atomic E-state index is 2.53. The second-order valence-electron chi connectivity index (χ2n) is 13.7. The van der Waals surface area contributed by atoms with Gasteiger partial charge in [-0.15, -0.1) is 0 Å². The molecule has 0 N–H and O–H groups in total. The molecule has 2 nitrogen and oxygen atoms in total. The fourth-order valence-corrected chi connectivity index (χ4v) is 11.0. The summed E-state index contributed by atoms with van der Waals surface area (Å²) < 4.78 is 7.96. The molecular formula is C45H30N2Se. The normalized spacial score (nSPS) is 13.8. The molecule has 3 heterocycles. The van der Waals surface area contributed by atoms with Crippen molar-refractivity contribution < 1.29 is 0 Å². The Balaban J connectivity index is 1.26. The van der Waals surface area contributed by atoms with E-state index >= 15 is 0 Å². The molecule has 226 valence electrons. The molecule has 0 atom stereocenters. The zero-order valence-corrected chi connectivity index (χ0v) is 28.4. The number of rotatable bonds is 2. The van der Waals surface area contributed by atoms with Gasteiger partial charge in [0.05, 0.1) is 0 Å². The molecule has 11 rings (SSSR count). The van der Waals surface area contributed by atoms with Crippen LogP contribution in [0.2, 0.25) is 0 Å². The summed E-state index contributed by atoms with van der Waals surface area (Å²) in [5.41, 5.74) is 12.9. The first kappa shape index (κ1) is 26.7. The van der Waals surface area contributed by atoms with E-state index in [1.165, 1.54) is 96.5 Å². The third-order valence-corrected chi connectivity index (χ3v) is 13.3. The van der Waals surface area contributed by atoms with Gasteiger partial charge in [0.1, 0.15) is 0 Å². The van der Waals surface area contributed by atoms with Crippen LogP contribution in [0.25, 0.3) is 85.4 Å². The standard InChI is InChI=1S/C45H30N2Se/c1-45(2)36-15-7-3-11-29(36)34-25-27(19-22-37(34)45)46-39-17-9-5-14-33(39)43-40(46)23-21-32-30-12-4-8-16-38(30)47(44(32)43)28-20-24-42-35(26-28)31-13-6-10-18-41(31)48-42/h3-26H,1-2H3. The van der Waals surface area contributed by atoms with E-state index in [2.05, 4.69) is 169 Å². The van der Waals surface area contributed by atoms with Crippen molar-refractivity contribution in [2.45, 2.75) is 19.3 Å². The molecule has 0 saturated heterocycles. The van der Waals surface area contributed by atoms with Crippen molar-refractivity contribution >= 4 is 77.4 Å². The molecule has 10 aromatic rings.